The molecule has 2 atom stereocenters. The molecule has 0 N–H and O–H groups in total. The molecular formula is C26H39ClF2O2S2. The maximum atomic E-state index is 15.0. The smallest absolute Gasteiger partial charge is 0.128 e. The Morgan fingerprint density at radius 3 is 2.15 bits per heavy atom. The summed E-state index contributed by atoms with van der Waals surface area (Å²) in [5.41, 5.74) is 0.191. The first-order chi connectivity index (χ1) is 15.6. The Balaban J connectivity index is 0.00000265. The molecule has 2 unspecified atom stereocenters. The lowest BCUT2D eigenvalue weighted by atomic mass is 9.87. The highest BCUT2D eigenvalue weighted by atomic mass is 35.5. The Labute approximate surface area is 208 Å². The molecule has 0 amide bonds. The van der Waals surface area contributed by atoms with E-state index in [-0.39, 0.29) is 5.56 Å². The molecule has 2 aromatic carbocycles. The molecular weight excluding hydrogens is 482 g/mol. The first kappa shape index (κ1) is 30.1. The fourth-order valence-electron chi connectivity index (χ4n) is 3.59. The molecule has 188 valence electrons. The maximum absolute atomic E-state index is 15.0. The van der Waals surface area contributed by atoms with Gasteiger partial charge in [-0.15, -0.1) is 10.3 Å². The minimum absolute atomic E-state index is 0.191. The monoisotopic (exact) mass is 520 g/mol. The Bertz CT molecular complexity index is 870. The van der Waals surface area contributed by atoms with Gasteiger partial charge in [0.2, 0.25) is 0 Å². The van der Waals surface area contributed by atoms with E-state index in [0.29, 0.717) is 35.8 Å². The minimum Gasteiger partial charge on any atom is -0.337 e. The van der Waals surface area contributed by atoms with Crippen molar-refractivity contribution < 1.29 is 17.2 Å². The average Bonchev–Trinajstić information content (AvgIpc) is 2.78. The van der Waals surface area contributed by atoms with Crippen molar-refractivity contribution in [2.24, 2.45) is 0 Å². The molecule has 7 heteroatoms. The normalized spacial score (nSPS) is 14.7. The highest BCUT2D eigenvalue weighted by Crippen LogP contribution is 2.43. The summed E-state index contributed by atoms with van der Waals surface area (Å²) in [5.74, 6) is -1.04. The van der Waals surface area contributed by atoms with Gasteiger partial charge in [-0.05, 0) is 86.9 Å². The molecule has 0 heterocycles. The van der Waals surface area contributed by atoms with Crippen LogP contribution in [0, 0.1) is 11.6 Å². The van der Waals surface area contributed by atoms with Gasteiger partial charge in [-0.25, -0.2) is 8.78 Å². The highest BCUT2D eigenvalue weighted by Gasteiger charge is 2.41. The number of halogens is 3. The maximum Gasteiger partial charge on any atom is 0.128 e. The Morgan fingerprint density at radius 2 is 1.58 bits per heavy atom. The van der Waals surface area contributed by atoms with Crippen LogP contribution in [0.15, 0.2) is 47.4 Å². The first-order valence-electron chi connectivity index (χ1n) is 11.5. The molecule has 0 aliphatic rings. The van der Waals surface area contributed by atoms with E-state index in [4.69, 9.17) is 15.8 Å². The minimum atomic E-state index is -1.58. The van der Waals surface area contributed by atoms with Crippen LogP contribution >= 0.6 is 21.9 Å². The fraction of sp³-hybridized carbons (Fsp3) is 0.538. The molecule has 2 aromatic rings. The Hall–Kier alpha value is -0.950. The van der Waals surface area contributed by atoms with Crippen molar-refractivity contribution in [2.75, 3.05) is 25.4 Å². The van der Waals surface area contributed by atoms with Gasteiger partial charge in [0.15, 0.2) is 0 Å². The van der Waals surface area contributed by atoms with Crippen LogP contribution in [0.5, 0.6) is 0 Å². The number of benzene rings is 2. The van der Waals surface area contributed by atoms with Crippen molar-refractivity contribution in [1.29, 1.82) is 0 Å². The van der Waals surface area contributed by atoms with Gasteiger partial charge in [-0.2, -0.15) is 0 Å². The van der Waals surface area contributed by atoms with E-state index in [1.807, 2.05) is 20.8 Å². The van der Waals surface area contributed by atoms with Gasteiger partial charge in [0.05, 0.1) is 22.2 Å². The Kier molecular flexibility index (Phi) is 13.2. The lowest BCUT2D eigenvalue weighted by Crippen LogP contribution is -2.33. The number of hydrogen-bond donors (Lipinski definition) is 0. The summed E-state index contributed by atoms with van der Waals surface area (Å²) in [7, 11) is -2.65. The van der Waals surface area contributed by atoms with Gasteiger partial charge in [-0.3, -0.25) is 4.21 Å². The average molecular weight is 521 g/mol. The number of hydrogen-bond acceptors (Lipinski definition) is 2. The number of rotatable bonds is 12. The molecule has 0 saturated carbocycles. The molecule has 0 saturated heterocycles. The quantitative estimate of drug-likeness (QED) is 0.262. The molecule has 0 aliphatic carbocycles. The molecule has 33 heavy (non-hydrogen) atoms. The van der Waals surface area contributed by atoms with Crippen LogP contribution in [0.4, 0.5) is 8.78 Å². The van der Waals surface area contributed by atoms with Crippen molar-refractivity contribution in [3.63, 3.8) is 0 Å². The van der Waals surface area contributed by atoms with Crippen LogP contribution < -0.4 is 0 Å². The highest BCUT2D eigenvalue weighted by molar-refractivity contribution is 8.28. The molecule has 0 radical (unpaired) electrons. The standard InChI is InChI=1S/C24H33ClF2O2S2.C2H6/c1-5-6-15-24(16-7-8-17-29-31(2,3)4,22-18-20(26)11-14-23(22)27)30(28)21-12-9-19(25)10-13-21;1-2/h9-14,18H,5-8,15-17H2,1-4H3;1-2H3. The lowest BCUT2D eigenvalue weighted by molar-refractivity contribution is 0.334. The van der Waals surface area contributed by atoms with E-state index >= 15 is 4.39 Å². The molecule has 0 spiro atoms. The second-order valence-electron chi connectivity index (χ2n) is 8.45. The largest absolute Gasteiger partial charge is 0.337 e. The van der Waals surface area contributed by atoms with Crippen LogP contribution in [0.1, 0.15) is 64.9 Å². The topological polar surface area (TPSA) is 26.3 Å². The van der Waals surface area contributed by atoms with E-state index in [2.05, 4.69) is 18.8 Å². The zero-order chi connectivity index (χ0) is 25.1. The van der Waals surface area contributed by atoms with E-state index in [1.54, 1.807) is 24.3 Å². The SMILES string of the molecule is CC.CCCCC(CCCCOS(C)(C)C)(c1cc(F)ccc1F)S(=O)c1ccc(Cl)cc1. The van der Waals surface area contributed by atoms with Crippen LogP contribution in [0.25, 0.3) is 0 Å². The third-order valence-corrected chi connectivity index (χ3v) is 8.31. The summed E-state index contributed by atoms with van der Waals surface area (Å²) in [6, 6.07) is 10.2. The number of unbranched alkanes of at least 4 members (excludes halogenated alkanes) is 2. The van der Waals surface area contributed by atoms with E-state index < -0.39 is 37.5 Å². The predicted octanol–water partition coefficient (Wildman–Crippen LogP) is 8.63. The summed E-state index contributed by atoms with van der Waals surface area (Å²) >= 11 is 6.01. The summed E-state index contributed by atoms with van der Waals surface area (Å²) in [6.45, 7) is 6.64. The lowest BCUT2D eigenvalue weighted by Gasteiger charge is -2.34. The van der Waals surface area contributed by atoms with Crippen LogP contribution in [0.3, 0.4) is 0 Å². The third kappa shape index (κ3) is 9.31. The van der Waals surface area contributed by atoms with Gasteiger partial charge >= 0.3 is 0 Å². The van der Waals surface area contributed by atoms with Gasteiger partial charge in [0.25, 0.3) is 0 Å². The van der Waals surface area contributed by atoms with Gasteiger partial charge < -0.3 is 4.18 Å². The fourth-order valence-corrected chi connectivity index (χ4v) is 6.19. The first-order valence-corrected chi connectivity index (χ1v) is 15.9. The van der Waals surface area contributed by atoms with E-state index in [1.165, 1.54) is 6.07 Å². The van der Waals surface area contributed by atoms with Crippen LogP contribution in [0.2, 0.25) is 5.02 Å². The second-order valence-corrected chi connectivity index (χ2v) is 14.4. The zero-order valence-electron chi connectivity index (χ0n) is 20.8. The molecule has 0 bridgehead atoms. The summed E-state index contributed by atoms with van der Waals surface area (Å²) in [4.78, 5) is 0.569. The van der Waals surface area contributed by atoms with E-state index in [9.17, 15) is 8.60 Å². The van der Waals surface area contributed by atoms with Crippen molar-refractivity contribution in [1.82, 2.24) is 0 Å². The van der Waals surface area contributed by atoms with Gasteiger partial charge in [-0.1, -0.05) is 45.2 Å². The van der Waals surface area contributed by atoms with Crippen LogP contribution in [-0.2, 0) is 19.7 Å². The Morgan fingerprint density at radius 1 is 0.970 bits per heavy atom. The second kappa shape index (κ2) is 14.4. The predicted molar refractivity (Wildman–Crippen MR) is 142 cm³/mol. The molecule has 2 rings (SSSR count). The molecule has 0 fully saturated rings. The molecule has 2 nitrogen and oxygen atoms in total. The van der Waals surface area contributed by atoms with Gasteiger partial charge in [0.1, 0.15) is 11.6 Å². The van der Waals surface area contributed by atoms with Crippen molar-refractivity contribution in [3.05, 3.63) is 64.7 Å². The van der Waals surface area contributed by atoms with Crippen LogP contribution in [-0.4, -0.2) is 29.6 Å². The van der Waals surface area contributed by atoms with Crippen molar-refractivity contribution in [2.45, 2.75) is 68.9 Å². The van der Waals surface area contributed by atoms with Gasteiger partial charge in [0, 0.05) is 15.5 Å². The van der Waals surface area contributed by atoms with Crippen molar-refractivity contribution >= 4 is 32.7 Å². The van der Waals surface area contributed by atoms with E-state index in [0.717, 1.165) is 31.4 Å². The molecule has 0 aromatic heterocycles. The molecule has 0 aliphatic heterocycles. The van der Waals surface area contributed by atoms with Crippen molar-refractivity contribution in [3.8, 4) is 0 Å². The summed E-state index contributed by atoms with van der Waals surface area (Å²) in [6.07, 6.45) is 10.3. The summed E-state index contributed by atoms with van der Waals surface area (Å²) in [5, 5.41) is 0.540. The summed E-state index contributed by atoms with van der Waals surface area (Å²) < 4.78 is 48.0. The zero-order valence-corrected chi connectivity index (χ0v) is 23.1. The third-order valence-electron chi connectivity index (χ3n) is 5.15.